The molecule has 1 saturated heterocycles. The van der Waals surface area contributed by atoms with E-state index in [9.17, 15) is 19.5 Å². The molecule has 4 rings (SSSR count). The molecule has 1 aliphatic heterocycles. The zero-order valence-electron chi connectivity index (χ0n) is 25.6. The fourth-order valence-electron chi connectivity index (χ4n) is 8.46. The lowest BCUT2D eigenvalue weighted by Gasteiger charge is -2.68. The van der Waals surface area contributed by atoms with Crippen molar-refractivity contribution in [1.29, 1.82) is 0 Å². The molecule has 2 saturated carbocycles. The van der Waals surface area contributed by atoms with Crippen molar-refractivity contribution in [3.63, 3.8) is 0 Å². The number of rotatable bonds is 5. The topological polar surface area (TPSA) is 108 Å². The molecule has 2 unspecified atom stereocenters. The van der Waals surface area contributed by atoms with Gasteiger partial charge in [0.25, 0.3) is 0 Å². The van der Waals surface area contributed by atoms with Crippen LogP contribution in [0.25, 0.3) is 0 Å². The summed E-state index contributed by atoms with van der Waals surface area (Å²) < 4.78 is 25.0. The maximum Gasteiger partial charge on any atom is 0.305 e. The first kappa shape index (κ1) is 30.4. The van der Waals surface area contributed by atoms with Gasteiger partial charge in [0, 0.05) is 36.5 Å². The standard InChI is InChI=1S/C30H48O8Si/c1-12-22(32)36-26-24-28(8,16(2)13-21-29(24,15-35-21)37-19(5)31)25(33)18(4)23-17(3)20(38-39(9,10)11)14-30(26,34)27(23,6)7/h16,18,20-21,24,26,34H,12-15H2,1-11H3/t16-,18+,20-,21+,24?,26?,28+,29-,30+/m0/s1. The van der Waals surface area contributed by atoms with Crippen LogP contribution in [0.1, 0.15) is 74.7 Å². The highest BCUT2D eigenvalue weighted by Gasteiger charge is 2.76. The van der Waals surface area contributed by atoms with E-state index in [1.165, 1.54) is 6.92 Å². The van der Waals surface area contributed by atoms with Crippen LogP contribution in [0.15, 0.2) is 11.1 Å². The highest BCUT2D eigenvalue weighted by Crippen LogP contribution is 2.66. The van der Waals surface area contributed by atoms with Gasteiger partial charge in [-0.15, -0.1) is 0 Å². The molecule has 4 aliphatic rings. The number of carbonyl (C=O) groups excluding carboxylic acids is 3. The van der Waals surface area contributed by atoms with Crippen molar-refractivity contribution in [1.82, 2.24) is 0 Å². The molecule has 220 valence electrons. The molecule has 2 bridgehead atoms. The average molecular weight is 565 g/mol. The van der Waals surface area contributed by atoms with Crippen molar-refractivity contribution in [3.05, 3.63) is 11.1 Å². The Hall–Kier alpha value is -1.55. The highest BCUT2D eigenvalue weighted by atomic mass is 28.4. The predicted octanol–water partition coefficient (Wildman–Crippen LogP) is 4.59. The van der Waals surface area contributed by atoms with Crippen molar-refractivity contribution in [2.45, 2.75) is 124 Å². The Morgan fingerprint density at radius 2 is 1.77 bits per heavy atom. The van der Waals surface area contributed by atoms with Crippen LogP contribution < -0.4 is 0 Å². The number of esters is 2. The average Bonchev–Trinajstić information content (AvgIpc) is 2.80. The van der Waals surface area contributed by atoms with Gasteiger partial charge in [0.2, 0.25) is 0 Å². The molecular formula is C30H48O8Si. The third-order valence-electron chi connectivity index (χ3n) is 10.5. The first-order chi connectivity index (χ1) is 17.8. The zero-order valence-corrected chi connectivity index (χ0v) is 26.6. The number of fused-ring (bicyclic) bond motifs is 5. The molecule has 1 heterocycles. The summed E-state index contributed by atoms with van der Waals surface area (Å²) in [4.78, 5) is 40.5. The van der Waals surface area contributed by atoms with Gasteiger partial charge in [0.1, 0.15) is 23.6 Å². The van der Waals surface area contributed by atoms with Crippen molar-refractivity contribution < 1.29 is 38.1 Å². The number of Topliss-reactive ketones (excluding diaryl/α,β-unsaturated/α-hetero) is 1. The van der Waals surface area contributed by atoms with E-state index in [-0.39, 0.29) is 31.1 Å². The number of hydrogen-bond acceptors (Lipinski definition) is 8. The van der Waals surface area contributed by atoms with E-state index in [4.69, 9.17) is 18.6 Å². The van der Waals surface area contributed by atoms with E-state index in [1.807, 2.05) is 41.5 Å². The number of hydrogen-bond donors (Lipinski definition) is 1. The second kappa shape index (κ2) is 9.50. The molecule has 0 spiro atoms. The summed E-state index contributed by atoms with van der Waals surface area (Å²) in [5.74, 6) is -2.46. The Morgan fingerprint density at radius 1 is 1.15 bits per heavy atom. The van der Waals surface area contributed by atoms with Crippen molar-refractivity contribution >= 4 is 26.0 Å². The van der Waals surface area contributed by atoms with E-state index in [0.717, 1.165) is 11.1 Å². The number of ketones is 1. The molecule has 1 N–H and O–H groups in total. The molecule has 0 aromatic carbocycles. The lowest BCUT2D eigenvalue weighted by molar-refractivity contribution is -0.341. The molecule has 0 radical (unpaired) electrons. The van der Waals surface area contributed by atoms with E-state index < -0.39 is 72.4 Å². The quantitative estimate of drug-likeness (QED) is 0.294. The molecule has 0 aromatic rings. The van der Waals surface area contributed by atoms with Gasteiger partial charge in [-0.2, -0.15) is 0 Å². The van der Waals surface area contributed by atoms with Gasteiger partial charge in [-0.1, -0.05) is 41.5 Å². The van der Waals surface area contributed by atoms with Gasteiger partial charge in [-0.3, -0.25) is 14.4 Å². The van der Waals surface area contributed by atoms with E-state index in [2.05, 4.69) is 19.6 Å². The maximum atomic E-state index is 14.8. The number of aliphatic hydroxyl groups is 1. The van der Waals surface area contributed by atoms with Crippen molar-refractivity contribution in [2.75, 3.05) is 6.61 Å². The summed E-state index contributed by atoms with van der Waals surface area (Å²) in [6, 6.07) is 0. The molecule has 3 fully saturated rings. The normalized spacial score (nSPS) is 43.3. The van der Waals surface area contributed by atoms with Crippen LogP contribution >= 0.6 is 0 Å². The minimum atomic E-state index is -2.08. The molecule has 8 nitrogen and oxygen atoms in total. The van der Waals surface area contributed by atoms with Crippen molar-refractivity contribution in [3.8, 4) is 0 Å². The summed E-state index contributed by atoms with van der Waals surface area (Å²) in [6.45, 7) is 21.2. The molecule has 0 amide bonds. The monoisotopic (exact) mass is 564 g/mol. The Kier molecular flexibility index (Phi) is 7.40. The summed E-state index contributed by atoms with van der Waals surface area (Å²) in [6.07, 6.45) is -1.20. The molecular weight excluding hydrogens is 516 g/mol. The highest BCUT2D eigenvalue weighted by molar-refractivity contribution is 6.69. The van der Waals surface area contributed by atoms with Crippen LogP contribution in [0, 0.1) is 28.6 Å². The number of ether oxygens (including phenoxy) is 3. The van der Waals surface area contributed by atoms with Gasteiger partial charge < -0.3 is 23.7 Å². The summed E-state index contributed by atoms with van der Waals surface area (Å²) in [5, 5.41) is 13.1. The van der Waals surface area contributed by atoms with Crippen LogP contribution in [0.5, 0.6) is 0 Å². The summed E-state index contributed by atoms with van der Waals surface area (Å²) in [7, 11) is -2.08. The van der Waals surface area contributed by atoms with Crippen LogP contribution in [0.2, 0.25) is 19.6 Å². The lowest BCUT2D eigenvalue weighted by atomic mass is 9.42. The van der Waals surface area contributed by atoms with Gasteiger partial charge >= 0.3 is 11.9 Å². The Bertz CT molecular complexity index is 1090. The smallest absolute Gasteiger partial charge is 0.305 e. The predicted molar refractivity (Wildman–Crippen MR) is 148 cm³/mol. The molecule has 0 aromatic heterocycles. The first-order valence-electron chi connectivity index (χ1n) is 14.4. The third kappa shape index (κ3) is 4.29. The van der Waals surface area contributed by atoms with Crippen LogP contribution in [-0.4, -0.2) is 67.3 Å². The van der Waals surface area contributed by atoms with Crippen molar-refractivity contribution in [2.24, 2.45) is 28.6 Å². The first-order valence-corrected chi connectivity index (χ1v) is 17.8. The molecule has 39 heavy (non-hydrogen) atoms. The largest absolute Gasteiger partial charge is 0.459 e. The van der Waals surface area contributed by atoms with Crippen LogP contribution in [0.4, 0.5) is 0 Å². The zero-order chi connectivity index (χ0) is 29.5. The fraction of sp³-hybridized carbons (Fsp3) is 0.833. The second-order valence-corrected chi connectivity index (χ2v) is 18.6. The Labute approximate surface area is 234 Å². The van der Waals surface area contributed by atoms with E-state index >= 15 is 0 Å². The maximum absolute atomic E-state index is 14.8. The van der Waals surface area contributed by atoms with Gasteiger partial charge in [-0.25, -0.2) is 0 Å². The van der Waals surface area contributed by atoms with E-state index in [0.29, 0.717) is 6.42 Å². The Balaban J connectivity index is 2.08. The summed E-state index contributed by atoms with van der Waals surface area (Å²) >= 11 is 0. The number of carbonyl (C=O) groups is 3. The van der Waals surface area contributed by atoms with Crippen LogP contribution in [0.3, 0.4) is 0 Å². The fourth-order valence-corrected chi connectivity index (χ4v) is 9.58. The summed E-state index contributed by atoms with van der Waals surface area (Å²) in [5.41, 5.74) is -2.99. The minimum absolute atomic E-state index is 0.00699. The second-order valence-electron chi connectivity index (χ2n) is 14.2. The molecule has 9 atom stereocenters. The van der Waals surface area contributed by atoms with Gasteiger partial charge in [-0.05, 0) is 50.0 Å². The van der Waals surface area contributed by atoms with Crippen LogP contribution in [-0.2, 0) is 33.0 Å². The van der Waals surface area contributed by atoms with E-state index in [1.54, 1.807) is 6.92 Å². The third-order valence-corrected chi connectivity index (χ3v) is 11.5. The molecule has 3 aliphatic carbocycles. The Morgan fingerprint density at radius 3 is 2.26 bits per heavy atom. The van der Waals surface area contributed by atoms with Gasteiger partial charge in [0.05, 0.1) is 18.6 Å². The lowest BCUT2D eigenvalue weighted by Crippen LogP contribution is -2.80. The molecule has 9 heteroatoms. The SMILES string of the molecule is CCC(=O)OC1C2[C@](C)(C(=O)[C@H](C)C3=C(C)[C@@H](O[Si](C)(C)C)C[C@]1(O)C3(C)C)[C@@H](C)C[C@H]1OC[C@@]21OC(C)=O. The minimum Gasteiger partial charge on any atom is -0.459 e. The van der Waals surface area contributed by atoms with Gasteiger partial charge in [0.15, 0.2) is 13.9 Å².